The molecule has 0 saturated heterocycles. The van der Waals surface area contributed by atoms with Gasteiger partial charge in [0.15, 0.2) is 17.3 Å². The number of aromatic amines is 1. The SMILES string of the molecule is COc1cc(/C=C(/Cl)c2nc3ccc(Cl)cc3c(=O)[nH]2)c(Br)cc1O. The van der Waals surface area contributed by atoms with Crippen molar-refractivity contribution in [3.8, 4) is 11.5 Å². The second-order valence-corrected chi connectivity index (χ2v) is 6.81. The van der Waals surface area contributed by atoms with Crippen molar-refractivity contribution in [1.29, 1.82) is 0 Å². The number of methoxy groups -OCH3 is 1. The number of nitrogens with one attached hydrogen (secondary N) is 1. The molecule has 0 aliphatic carbocycles. The number of H-pyrrole nitrogens is 1. The summed E-state index contributed by atoms with van der Waals surface area (Å²) in [6.45, 7) is 0. The number of aromatic hydroxyl groups is 1. The predicted octanol–water partition coefficient (Wildman–Crippen LogP) is 4.79. The first-order valence-electron chi connectivity index (χ1n) is 7.02. The number of hydrogen-bond donors (Lipinski definition) is 2. The number of hydrogen-bond acceptors (Lipinski definition) is 4. The smallest absolute Gasteiger partial charge is 0.259 e. The Kier molecular flexibility index (Phi) is 5.03. The molecule has 0 spiro atoms. The molecular formula is C17H11BrCl2N2O3. The number of ether oxygens (including phenoxy) is 1. The Labute approximate surface area is 161 Å². The lowest BCUT2D eigenvalue weighted by Crippen LogP contribution is -2.10. The highest BCUT2D eigenvalue weighted by molar-refractivity contribution is 9.10. The normalized spacial score (nSPS) is 11.8. The van der Waals surface area contributed by atoms with Gasteiger partial charge < -0.3 is 14.8 Å². The Bertz CT molecular complexity index is 1060. The van der Waals surface area contributed by atoms with Crippen LogP contribution in [0.3, 0.4) is 0 Å². The van der Waals surface area contributed by atoms with E-state index in [1.165, 1.54) is 13.2 Å². The van der Waals surface area contributed by atoms with Gasteiger partial charge in [-0.05, 0) is 42.0 Å². The Hall–Kier alpha value is -2.02. The lowest BCUT2D eigenvalue weighted by atomic mass is 10.2. The van der Waals surface area contributed by atoms with Crippen LogP contribution in [-0.4, -0.2) is 22.2 Å². The third kappa shape index (κ3) is 3.66. The van der Waals surface area contributed by atoms with Gasteiger partial charge in [0, 0.05) is 9.50 Å². The number of rotatable bonds is 3. The van der Waals surface area contributed by atoms with Crippen LogP contribution < -0.4 is 10.3 Å². The average Bonchev–Trinajstić information content (AvgIpc) is 2.57. The summed E-state index contributed by atoms with van der Waals surface area (Å²) < 4.78 is 5.70. The van der Waals surface area contributed by atoms with Crippen molar-refractivity contribution in [1.82, 2.24) is 9.97 Å². The van der Waals surface area contributed by atoms with Crippen LogP contribution in [0.1, 0.15) is 11.4 Å². The summed E-state index contributed by atoms with van der Waals surface area (Å²) in [4.78, 5) is 19.2. The number of halogens is 3. The van der Waals surface area contributed by atoms with E-state index in [0.717, 1.165) is 0 Å². The van der Waals surface area contributed by atoms with E-state index < -0.39 is 0 Å². The summed E-state index contributed by atoms with van der Waals surface area (Å²) in [5, 5.41) is 10.8. The van der Waals surface area contributed by atoms with E-state index in [4.69, 9.17) is 27.9 Å². The van der Waals surface area contributed by atoms with E-state index in [-0.39, 0.29) is 22.2 Å². The zero-order chi connectivity index (χ0) is 18.1. The molecule has 1 heterocycles. The lowest BCUT2D eigenvalue weighted by molar-refractivity contribution is 0.373. The zero-order valence-electron chi connectivity index (χ0n) is 12.8. The summed E-state index contributed by atoms with van der Waals surface area (Å²) in [5.41, 5.74) is 0.798. The molecule has 5 nitrogen and oxygen atoms in total. The van der Waals surface area contributed by atoms with Crippen LogP contribution in [0.4, 0.5) is 0 Å². The second kappa shape index (κ2) is 7.07. The van der Waals surface area contributed by atoms with Crippen LogP contribution in [-0.2, 0) is 0 Å². The van der Waals surface area contributed by atoms with Crippen molar-refractivity contribution >= 4 is 61.1 Å². The van der Waals surface area contributed by atoms with Crippen molar-refractivity contribution in [2.45, 2.75) is 0 Å². The Morgan fingerprint density at radius 1 is 1.36 bits per heavy atom. The number of benzene rings is 2. The van der Waals surface area contributed by atoms with E-state index >= 15 is 0 Å². The maximum atomic E-state index is 12.2. The number of phenols is 1. The summed E-state index contributed by atoms with van der Waals surface area (Å²) >= 11 is 15.6. The summed E-state index contributed by atoms with van der Waals surface area (Å²) in [5.74, 6) is 0.519. The van der Waals surface area contributed by atoms with E-state index in [2.05, 4.69) is 25.9 Å². The zero-order valence-corrected chi connectivity index (χ0v) is 15.9. The van der Waals surface area contributed by atoms with Gasteiger partial charge in [0.25, 0.3) is 5.56 Å². The van der Waals surface area contributed by atoms with Gasteiger partial charge in [-0.1, -0.05) is 39.1 Å². The molecule has 0 atom stereocenters. The van der Waals surface area contributed by atoms with Gasteiger partial charge in [-0.2, -0.15) is 0 Å². The lowest BCUT2D eigenvalue weighted by Gasteiger charge is -2.07. The molecule has 0 unspecified atom stereocenters. The molecule has 25 heavy (non-hydrogen) atoms. The maximum Gasteiger partial charge on any atom is 0.259 e. The quantitative estimate of drug-likeness (QED) is 0.612. The largest absolute Gasteiger partial charge is 0.504 e. The van der Waals surface area contributed by atoms with Gasteiger partial charge in [0.2, 0.25) is 0 Å². The minimum Gasteiger partial charge on any atom is -0.504 e. The number of phenolic OH excluding ortho intramolecular Hbond substituents is 1. The number of aromatic nitrogens is 2. The first-order chi connectivity index (χ1) is 11.9. The molecule has 0 saturated carbocycles. The number of fused-ring (bicyclic) bond motifs is 1. The number of nitrogens with zero attached hydrogens (tertiary/aromatic N) is 1. The van der Waals surface area contributed by atoms with Gasteiger partial charge in [0.1, 0.15) is 0 Å². The third-order valence-corrected chi connectivity index (χ3v) is 4.68. The van der Waals surface area contributed by atoms with Crippen LogP contribution in [0.25, 0.3) is 22.0 Å². The van der Waals surface area contributed by atoms with Gasteiger partial charge in [-0.25, -0.2) is 4.98 Å². The van der Waals surface area contributed by atoms with E-state index in [1.54, 1.807) is 30.3 Å². The van der Waals surface area contributed by atoms with Crippen molar-refractivity contribution in [3.05, 3.63) is 61.6 Å². The van der Waals surface area contributed by atoms with Crippen LogP contribution in [0, 0.1) is 0 Å². The van der Waals surface area contributed by atoms with Crippen molar-refractivity contribution in [3.63, 3.8) is 0 Å². The van der Waals surface area contributed by atoms with Crippen molar-refractivity contribution in [2.75, 3.05) is 7.11 Å². The highest BCUT2D eigenvalue weighted by Gasteiger charge is 2.11. The Morgan fingerprint density at radius 2 is 2.12 bits per heavy atom. The Balaban J connectivity index is 2.11. The van der Waals surface area contributed by atoms with E-state index in [9.17, 15) is 9.90 Å². The summed E-state index contributed by atoms with van der Waals surface area (Å²) in [7, 11) is 1.45. The second-order valence-electron chi connectivity index (χ2n) is 5.11. The predicted molar refractivity (Wildman–Crippen MR) is 103 cm³/mol. The molecule has 0 aliphatic rings. The summed E-state index contributed by atoms with van der Waals surface area (Å²) in [6, 6.07) is 7.96. The fourth-order valence-electron chi connectivity index (χ4n) is 2.26. The average molecular weight is 442 g/mol. The standard InChI is InChI=1S/C17H11BrCl2N2O3/c1-25-15-5-8(11(18)7-14(15)23)4-12(20)16-21-13-3-2-9(19)6-10(13)17(24)22-16/h2-7,23H,1H3,(H,21,22,24)/b12-4+. The minimum atomic E-state index is -0.337. The van der Waals surface area contributed by atoms with Crippen molar-refractivity contribution in [2.24, 2.45) is 0 Å². The van der Waals surface area contributed by atoms with Gasteiger partial charge in [-0.3, -0.25) is 4.79 Å². The van der Waals surface area contributed by atoms with Gasteiger partial charge >= 0.3 is 0 Å². The maximum absolute atomic E-state index is 12.2. The molecule has 0 radical (unpaired) electrons. The van der Waals surface area contributed by atoms with E-state index in [1.807, 2.05) is 0 Å². The molecule has 3 aromatic rings. The molecule has 0 bridgehead atoms. The fourth-order valence-corrected chi connectivity index (χ4v) is 3.09. The molecule has 0 aliphatic heterocycles. The highest BCUT2D eigenvalue weighted by Crippen LogP contribution is 2.34. The molecule has 0 fully saturated rings. The van der Waals surface area contributed by atoms with Crippen LogP contribution in [0.15, 0.2) is 39.6 Å². The topological polar surface area (TPSA) is 75.2 Å². The van der Waals surface area contributed by atoms with Gasteiger partial charge in [-0.15, -0.1) is 0 Å². The first kappa shape index (κ1) is 17.8. The molecule has 0 amide bonds. The molecular weight excluding hydrogens is 431 g/mol. The van der Waals surface area contributed by atoms with Crippen LogP contribution >= 0.6 is 39.1 Å². The summed E-state index contributed by atoms with van der Waals surface area (Å²) in [6.07, 6.45) is 1.60. The fraction of sp³-hybridized carbons (Fsp3) is 0.0588. The monoisotopic (exact) mass is 440 g/mol. The molecule has 1 aromatic heterocycles. The molecule has 3 rings (SSSR count). The third-order valence-electron chi connectivity index (χ3n) is 3.47. The first-order valence-corrected chi connectivity index (χ1v) is 8.57. The van der Waals surface area contributed by atoms with E-state index in [0.29, 0.717) is 31.7 Å². The Morgan fingerprint density at radius 3 is 2.84 bits per heavy atom. The molecule has 2 N–H and O–H groups in total. The minimum absolute atomic E-state index is 0.00300. The molecule has 2 aromatic carbocycles. The van der Waals surface area contributed by atoms with Gasteiger partial charge in [0.05, 0.1) is 23.0 Å². The molecule has 128 valence electrons. The van der Waals surface area contributed by atoms with Crippen molar-refractivity contribution < 1.29 is 9.84 Å². The highest BCUT2D eigenvalue weighted by atomic mass is 79.9. The molecule has 8 heteroatoms. The van der Waals surface area contributed by atoms with Crippen LogP contribution in [0.5, 0.6) is 11.5 Å². The van der Waals surface area contributed by atoms with Crippen LogP contribution in [0.2, 0.25) is 5.02 Å².